The molecule has 1 heterocycles. The van der Waals surface area contributed by atoms with Crippen LogP contribution in [0, 0.1) is 0 Å². The van der Waals surface area contributed by atoms with Crippen LogP contribution in [0.15, 0.2) is 42.5 Å². The van der Waals surface area contributed by atoms with Gasteiger partial charge in [0.15, 0.2) is 23.1 Å². The van der Waals surface area contributed by atoms with E-state index in [9.17, 15) is 14.4 Å². The normalized spacial score (nSPS) is 12.3. The van der Waals surface area contributed by atoms with E-state index in [1.54, 1.807) is 42.5 Å². The van der Waals surface area contributed by atoms with Gasteiger partial charge in [-0.15, -0.1) is 0 Å². The Hall–Kier alpha value is -3.15. The molecule has 3 rings (SSSR count). The fourth-order valence-electron chi connectivity index (χ4n) is 2.63. The highest BCUT2D eigenvalue weighted by Gasteiger charge is 2.16. The van der Waals surface area contributed by atoms with Crippen molar-refractivity contribution in [2.75, 3.05) is 18.5 Å². The van der Waals surface area contributed by atoms with Crippen molar-refractivity contribution < 1.29 is 23.9 Å². The lowest BCUT2D eigenvalue weighted by Gasteiger charge is -2.18. The Morgan fingerprint density at radius 3 is 2.46 bits per heavy atom. The number of carbonyl (C=O) groups excluding carboxylic acids is 3. The molecule has 0 atom stereocenters. The fourth-order valence-corrected chi connectivity index (χ4v) is 2.63. The summed E-state index contributed by atoms with van der Waals surface area (Å²) < 4.78 is 10.9. The first-order chi connectivity index (χ1) is 12.5. The molecule has 26 heavy (non-hydrogen) atoms. The SMILES string of the molecule is CC(=O)c1cccc(NC(=O)CCC(=O)c2ccc3c(c2)OCCO3)c1. The summed E-state index contributed by atoms with van der Waals surface area (Å²) in [5, 5.41) is 2.71. The lowest BCUT2D eigenvalue weighted by atomic mass is 10.1. The molecule has 6 heteroatoms. The molecule has 1 aliphatic rings. The van der Waals surface area contributed by atoms with Gasteiger partial charge in [0, 0.05) is 29.7 Å². The highest BCUT2D eigenvalue weighted by Crippen LogP contribution is 2.31. The van der Waals surface area contributed by atoms with Gasteiger partial charge in [0.1, 0.15) is 13.2 Å². The average molecular weight is 353 g/mol. The van der Waals surface area contributed by atoms with Crippen molar-refractivity contribution in [2.24, 2.45) is 0 Å². The lowest BCUT2D eigenvalue weighted by Crippen LogP contribution is -2.16. The second kappa shape index (κ2) is 7.82. The number of fused-ring (bicyclic) bond motifs is 1. The molecule has 0 saturated carbocycles. The number of carbonyl (C=O) groups is 3. The second-order valence-electron chi connectivity index (χ2n) is 5.97. The van der Waals surface area contributed by atoms with Gasteiger partial charge in [-0.05, 0) is 37.3 Å². The van der Waals surface area contributed by atoms with E-state index in [-0.39, 0.29) is 30.3 Å². The van der Waals surface area contributed by atoms with E-state index in [0.29, 0.717) is 41.5 Å². The minimum atomic E-state index is -0.281. The Morgan fingerprint density at radius 1 is 0.923 bits per heavy atom. The van der Waals surface area contributed by atoms with Crippen molar-refractivity contribution in [1.82, 2.24) is 0 Å². The Balaban J connectivity index is 1.56. The third-order valence-corrected chi connectivity index (χ3v) is 4.00. The van der Waals surface area contributed by atoms with Crippen LogP contribution < -0.4 is 14.8 Å². The van der Waals surface area contributed by atoms with Crippen molar-refractivity contribution in [1.29, 1.82) is 0 Å². The van der Waals surface area contributed by atoms with Crippen molar-refractivity contribution >= 4 is 23.2 Å². The molecule has 2 aromatic rings. The monoisotopic (exact) mass is 353 g/mol. The molecule has 134 valence electrons. The van der Waals surface area contributed by atoms with E-state index < -0.39 is 0 Å². The zero-order valence-electron chi connectivity index (χ0n) is 14.4. The van der Waals surface area contributed by atoms with Crippen LogP contribution in [-0.4, -0.2) is 30.7 Å². The van der Waals surface area contributed by atoms with Crippen LogP contribution in [0.1, 0.15) is 40.5 Å². The molecule has 0 aromatic heterocycles. The zero-order chi connectivity index (χ0) is 18.5. The number of hydrogen-bond donors (Lipinski definition) is 1. The van der Waals surface area contributed by atoms with E-state index in [4.69, 9.17) is 9.47 Å². The Morgan fingerprint density at radius 2 is 1.69 bits per heavy atom. The Kier molecular flexibility index (Phi) is 5.31. The van der Waals surface area contributed by atoms with Gasteiger partial charge in [-0.25, -0.2) is 0 Å². The summed E-state index contributed by atoms with van der Waals surface area (Å²) in [4.78, 5) is 35.8. The smallest absolute Gasteiger partial charge is 0.224 e. The summed E-state index contributed by atoms with van der Waals surface area (Å²) in [6.45, 7) is 2.41. The van der Waals surface area contributed by atoms with Crippen molar-refractivity contribution in [3.05, 3.63) is 53.6 Å². The summed E-state index contributed by atoms with van der Waals surface area (Å²) in [5.41, 5.74) is 1.55. The third kappa shape index (κ3) is 4.27. The first-order valence-electron chi connectivity index (χ1n) is 8.36. The quantitative estimate of drug-likeness (QED) is 0.806. The first kappa shape index (κ1) is 17.7. The number of benzene rings is 2. The average Bonchev–Trinajstić information content (AvgIpc) is 2.66. The molecule has 0 spiro atoms. The zero-order valence-corrected chi connectivity index (χ0v) is 14.4. The summed E-state index contributed by atoms with van der Waals surface area (Å²) in [6, 6.07) is 11.7. The number of nitrogens with one attached hydrogen (secondary N) is 1. The van der Waals surface area contributed by atoms with Crippen molar-refractivity contribution in [3.63, 3.8) is 0 Å². The van der Waals surface area contributed by atoms with E-state index in [1.165, 1.54) is 6.92 Å². The molecule has 1 aliphatic heterocycles. The number of rotatable bonds is 6. The highest BCUT2D eigenvalue weighted by molar-refractivity contribution is 6.01. The maximum Gasteiger partial charge on any atom is 0.224 e. The molecule has 0 bridgehead atoms. The molecule has 0 aliphatic carbocycles. The molecule has 1 amide bonds. The summed E-state index contributed by atoms with van der Waals surface area (Å²) in [6.07, 6.45) is 0.134. The Labute approximate surface area is 151 Å². The minimum absolute atomic E-state index is 0.0531. The number of hydrogen-bond acceptors (Lipinski definition) is 5. The van der Waals surface area contributed by atoms with E-state index in [1.807, 2.05) is 0 Å². The Bertz CT molecular complexity index is 859. The van der Waals surface area contributed by atoms with Crippen LogP contribution in [0.5, 0.6) is 11.5 Å². The fraction of sp³-hybridized carbons (Fsp3) is 0.250. The van der Waals surface area contributed by atoms with E-state index in [0.717, 1.165) is 0 Å². The van der Waals surface area contributed by atoms with Crippen LogP contribution in [0.4, 0.5) is 5.69 Å². The van der Waals surface area contributed by atoms with Gasteiger partial charge < -0.3 is 14.8 Å². The topological polar surface area (TPSA) is 81.7 Å². The number of ketones is 2. The van der Waals surface area contributed by atoms with Gasteiger partial charge in [-0.3, -0.25) is 14.4 Å². The van der Waals surface area contributed by atoms with Gasteiger partial charge >= 0.3 is 0 Å². The van der Waals surface area contributed by atoms with Crippen LogP contribution in [-0.2, 0) is 4.79 Å². The van der Waals surface area contributed by atoms with Crippen LogP contribution in [0.2, 0.25) is 0 Å². The molecule has 1 N–H and O–H groups in total. The first-order valence-corrected chi connectivity index (χ1v) is 8.36. The molecule has 6 nitrogen and oxygen atoms in total. The summed E-state index contributed by atoms with van der Waals surface area (Å²) in [5.74, 6) is 0.671. The molecule has 0 saturated heterocycles. The molecular weight excluding hydrogens is 334 g/mol. The molecule has 2 aromatic carbocycles. The van der Waals surface area contributed by atoms with Gasteiger partial charge in [-0.1, -0.05) is 12.1 Å². The largest absolute Gasteiger partial charge is 0.486 e. The second-order valence-corrected chi connectivity index (χ2v) is 5.97. The van der Waals surface area contributed by atoms with Crippen LogP contribution >= 0.6 is 0 Å². The minimum Gasteiger partial charge on any atom is -0.486 e. The van der Waals surface area contributed by atoms with Crippen molar-refractivity contribution in [3.8, 4) is 11.5 Å². The predicted molar refractivity (Wildman–Crippen MR) is 96.1 cm³/mol. The van der Waals surface area contributed by atoms with Gasteiger partial charge in [-0.2, -0.15) is 0 Å². The standard InChI is InChI=1S/C20H19NO5/c1-13(22)14-3-2-4-16(11-14)21-20(24)8-6-17(23)15-5-7-18-19(12-15)26-10-9-25-18/h2-5,7,11-12H,6,8-10H2,1H3,(H,21,24). The third-order valence-electron chi connectivity index (χ3n) is 4.00. The number of ether oxygens (including phenoxy) is 2. The number of anilines is 1. The number of Topliss-reactive ketones (excluding diaryl/α,β-unsaturated/α-hetero) is 2. The van der Waals surface area contributed by atoms with Crippen molar-refractivity contribution in [2.45, 2.75) is 19.8 Å². The highest BCUT2D eigenvalue weighted by atomic mass is 16.6. The lowest BCUT2D eigenvalue weighted by molar-refractivity contribution is -0.116. The molecule has 0 fully saturated rings. The maximum atomic E-state index is 12.3. The van der Waals surface area contributed by atoms with Crippen LogP contribution in [0.25, 0.3) is 0 Å². The molecule has 0 unspecified atom stereocenters. The van der Waals surface area contributed by atoms with Crippen LogP contribution in [0.3, 0.4) is 0 Å². The van der Waals surface area contributed by atoms with E-state index in [2.05, 4.69) is 5.32 Å². The maximum absolute atomic E-state index is 12.3. The predicted octanol–water partition coefficient (Wildman–Crippen LogP) is 3.26. The number of amides is 1. The van der Waals surface area contributed by atoms with Gasteiger partial charge in [0.2, 0.25) is 5.91 Å². The molecular formula is C20H19NO5. The van der Waals surface area contributed by atoms with Gasteiger partial charge in [0.05, 0.1) is 0 Å². The molecule has 0 radical (unpaired) electrons. The van der Waals surface area contributed by atoms with Gasteiger partial charge in [0.25, 0.3) is 0 Å². The summed E-state index contributed by atoms with van der Waals surface area (Å²) >= 11 is 0. The van der Waals surface area contributed by atoms with E-state index >= 15 is 0 Å². The summed E-state index contributed by atoms with van der Waals surface area (Å²) in [7, 11) is 0.